The Morgan fingerprint density at radius 3 is 2.50 bits per heavy atom. The van der Waals surface area contributed by atoms with Gasteiger partial charge in [0.25, 0.3) is 0 Å². The molecule has 1 aliphatic rings. The molecule has 1 saturated heterocycles. The van der Waals surface area contributed by atoms with E-state index >= 15 is 0 Å². The fraction of sp³-hybridized carbons (Fsp3) is 0.571. The second-order valence-electron chi connectivity index (χ2n) is 8.37. The molecule has 0 saturated carbocycles. The number of carbonyl (C=O) groups excluding carboxylic acids is 3. The minimum Gasteiger partial charge on any atom is -0.444 e. The number of urea groups is 1. The van der Waals surface area contributed by atoms with Crippen molar-refractivity contribution in [3.63, 3.8) is 0 Å². The van der Waals surface area contributed by atoms with Gasteiger partial charge in [0, 0.05) is 26.2 Å². The van der Waals surface area contributed by atoms with Gasteiger partial charge in [-0.15, -0.1) is 0 Å². The van der Waals surface area contributed by atoms with E-state index in [-0.39, 0.29) is 24.8 Å². The van der Waals surface area contributed by atoms with E-state index in [1.165, 1.54) is 12.1 Å². The van der Waals surface area contributed by atoms with Gasteiger partial charge in [-0.2, -0.15) is 0 Å². The average molecular weight is 423 g/mol. The number of alkyl carbamates (subject to hydrolysis) is 1. The van der Waals surface area contributed by atoms with Crippen LogP contribution in [0, 0.1) is 11.7 Å². The zero-order chi connectivity index (χ0) is 22.1. The third-order valence-electron chi connectivity index (χ3n) is 4.63. The van der Waals surface area contributed by atoms with E-state index in [2.05, 4.69) is 16.0 Å². The van der Waals surface area contributed by atoms with Crippen molar-refractivity contribution in [3.8, 4) is 0 Å². The number of halogens is 1. The van der Waals surface area contributed by atoms with Gasteiger partial charge in [0.1, 0.15) is 11.4 Å². The molecule has 1 heterocycles. The molecule has 0 aliphatic carbocycles. The molecule has 9 heteroatoms. The largest absolute Gasteiger partial charge is 0.444 e. The van der Waals surface area contributed by atoms with Crippen LogP contribution in [0.2, 0.25) is 0 Å². The third kappa shape index (κ3) is 8.67. The highest BCUT2D eigenvalue weighted by Crippen LogP contribution is 2.19. The molecule has 1 unspecified atom stereocenters. The van der Waals surface area contributed by atoms with E-state index in [0.29, 0.717) is 25.6 Å². The highest BCUT2D eigenvalue weighted by Gasteiger charge is 2.26. The molecule has 0 spiro atoms. The summed E-state index contributed by atoms with van der Waals surface area (Å²) in [4.78, 5) is 37.5. The number of amides is 4. The Kier molecular flexibility index (Phi) is 8.44. The topological polar surface area (TPSA) is 99.8 Å². The second kappa shape index (κ2) is 10.8. The van der Waals surface area contributed by atoms with Crippen LogP contribution in [0.25, 0.3) is 0 Å². The van der Waals surface area contributed by atoms with Crippen molar-refractivity contribution in [2.24, 2.45) is 5.92 Å². The molecule has 3 N–H and O–H groups in total. The quantitative estimate of drug-likeness (QED) is 0.628. The normalized spacial score (nSPS) is 16.1. The molecular weight excluding hydrogens is 391 g/mol. The van der Waals surface area contributed by atoms with E-state index in [4.69, 9.17) is 4.74 Å². The van der Waals surface area contributed by atoms with Crippen LogP contribution in [0.4, 0.5) is 14.0 Å². The fourth-order valence-corrected chi connectivity index (χ4v) is 3.10. The summed E-state index contributed by atoms with van der Waals surface area (Å²) in [6.45, 7) is 7.32. The van der Waals surface area contributed by atoms with Crippen molar-refractivity contribution < 1.29 is 23.5 Å². The van der Waals surface area contributed by atoms with Gasteiger partial charge in [-0.3, -0.25) is 4.79 Å². The molecule has 166 valence electrons. The Bertz CT molecular complexity index is 734. The summed E-state index contributed by atoms with van der Waals surface area (Å²) in [6.07, 6.45) is 1.18. The SMILES string of the molecule is CC(C)(C)OC(=O)NCCC1CCN(C(=O)CNC(=O)NCc2ccc(F)cc2)C1. The monoisotopic (exact) mass is 422 g/mol. The molecule has 1 atom stereocenters. The first kappa shape index (κ1) is 23.4. The lowest BCUT2D eigenvalue weighted by molar-refractivity contribution is -0.129. The summed E-state index contributed by atoms with van der Waals surface area (Å²) in [5, 5.41) is 7.91. The van der Waals surface area contributed by atoms with Crippen molar-refractivity contribution in [3.05, 3.63) is 35.6 Å². The Hall–Kier alpha value is -2.84. The van der Waals surface area contributed by atoms with Crippen LogP contribution in [0.1, 0.15) is 39.2 Å². The summed E-state index contributed by atoms with van der Waals surface area (Å²) < 4.78 is 18.1. The summed E-state index contributed by atoms with van der Waals surface area (Å²) in [5.74, 6) is -0.177. The van der Waals surface area contributed by atoms with Crippen molar-refractivity contribution in [1.82, 2.24) is 20.9 Å². The van der Waals surface area contributed by atoms with E-state index in [1.807, 2.05) is 20.8 Å². The maximum atomic E-state index is 12.9. The number of hydrogen-bond donors (Lipinski definition) is 3. The number of benzene rings is 1. The van der Waals surface area contributed by atoms with Crippen LogP contribution in [0.15, 0.2) is 24.3 Å². The molecular formula is C21H31FN4O4. The maximum absolute atomic E-state index is 12.9. The maximum Gasteiger partial charge on any atom is 0.407 e. The van der Waals surface area contributed by atoms with Gasteiger partial charge in [-0.05, 0) is 57.2 Å². The zero-order valence-electron chi connectivity index (χ0n) is 17.8. The summed E-state index contributed by atoms with van der Waals surface area (Å²) >= 11 is 0. The standard InChI is InChI=1S/C21H31FN4O4/c1-21(2,3)30-20(29)23-10-8-16-9-11-26(14-16)18(27)13-25-19(28)24-12-15-4-6-17(22)7-5-15/h4-7,16H,8-14H2,1-3H3,(H,23,29)(H2,24,25,28). The molecule has 8 nitrogen and oxygen atoms in total. The van der Waals surface area contributed by atoms with E-state index < -0.39 is 17.7 Å². The summed E-state index contributed by atoms with van der Waals surface area (Å²) in [6, 6.07) is 5.37. The molecule has 0 aromatic heterocycles. The van der Waals surface area contributed by atoms with Crippen LogP contribution in [-0.4, -0.2) is 54.7 Å². The van der Waals surface area contributed by atoms with Gasteiger partial charge in [0.2, 0.25) is 5.91 Å². The molecule has 4 amide bonds. The van der Waals surface area contributed by atoms with Crippen molar-refractivity contribution >= 4 is 18.0 Å². The van der Waals surface area contributed by atoms with Gasteiger partial charge < -0.3 is 25.6 Å². The number of nitrogens with zero attached hydrogens (tertiary/aromatic N) is 1. The first-order valence-electron chi connectivity index (χ1n) is 10.1. The van der Waals surface area contributed by atoms with Crippen LogP contribution >= 0.6 is 0 Å². The van der Waals surface area contributed by atoms with Gasteiger partial charge >= 0.3 is 12.1 Å². The Balaban J connectivity index is 1.60. The Morgan fingerprint density at radius 1 is 1.13 bits per heavy atom. The number of carbonyl (C=O) groups is 3. The van der Waals surface area contributed by atoms with Crippen molar-refractivity contribution in [2.75, 3.05) is 26.2 Å². The molecule has 1 fully saturated rings. The molecule has 1 aromatic carbocycles. The lowest BCUT2D eigenvalue weighted by atomic mass is 10.1. The van der Waals surface area contributed by atoms with E-state index in [9.17, 15) is 18.8 Å². The number of hydrogen-bond acceptors (Lipinski definition) is 4. The van der Waals surface area contributed by atoms with Crippen molar-refractivity contribution in [1.29, 1.82) is 0 Å². The van der Waals surface area contributed by atoms with Gasteiger partial charge in [-0.25, -0.2) is 14.0 Å². The number of nitrogens with one attached hydrogen (secondary N) is 3. The molecule has 0 bridgehead atoms. The number of rotatable bonds is 7. The molecule has 0 radical (unpaired) electrons. The molecule has 1 aromatic rings. The third-order valence-corrected chi connectivity index (χ3v) is 4.63. The van der Waals surface area contributed by atoms with Crippen molar-refractivity contribution in [2.45, 2.75) is 45.8 Å². The minimum atomic E-state index is -0.529. The number of likely N-dealkylation sites (tertiary alicyclic amines) is 1. The lowest BCUT2D eigenvalue weighted by Gasteiger charge is -2.20. The molecule has 30 heavy (non-hydrogen) atoms. The average Bonchev–Trinajstić information content (AvgIpc) is 3.13. The summed E-state index contributed by atoms with van der Waals surface area (Å²) in [7, 11) is 0. The van der Waals surface area contributed by atoms with Crippen LogP contribution in [0.3, 0.4) is 0 Å². The highest BCUT2D eigenvalue weighted by molar-refractivity contribution is 5.84. The highest BCUT2D eigenvalue weighted by atomic mass is 19.1. The zero-order valence-corrected chi connectivity index (χ0v) is 17.8. The van der Waals surface area contributed by atoms with E-state index in [0.717, 1.165) is 18.4 Å². The lowest BCUT2D eigenvalue weighted by Crippen LogP contribution is -2.43. The minimum absolute atomic E-state index is 0.0852. The predicted octanol–water partition coefficient (Wildman–Crippen LogP) is 2.39. The molecule has 2 rings (SSSR count). The predicted molar refractivity (Wildman–Crippen MR) is 110 cm³/mol. The summed E-state index contributed by atoms with van der Waals surface area (Å²) in [5.41, 5.74) is 0.235. The Labute approximate surface area is 176 Å². The number of ether oxygens (including phenoxy) is 1. The van der Waals surface area contributed by atoms with Crippen LogP contribution < -0.4 is 16.0 Å². The first-order valence-corrected chi connectivity index (χ1v) is 10.1. The fourth-order valence-electron chi connectivity index (χ4n) is 3.10. The van der Waals surface area contributed by atoms with Crippen LogP contribution in [0.5, 0.6) is 0 Å². The first-order chi connectivity index (χ1) is 14.1. The van der Waals surface area contributed by atoms with Crippen LogP contribution in [-0.2, 0) is 16.1 Å². The van der Waals surface area contributed by atoms with Gasteiger partial charge in [0.05, 0.1) is 6.54 Å². The second-order valence-corrected chi connectivity index (χ2v) is 8.37. The Morgan fingerprint density at radius 2 is 1.83 bits per heavy atom. The molecule has 1 aliphatic heterocycles. The van der Waals surface area contributed by atoms with E-state index in [1.54, 1.807) is 17.0 Å². The van der Waals surface area contributed by atoms with Gasteiger partial charge in [-0.1, -0.05) is 12.1 Å². The smallest absolute Gasteiger partial charge is 0.407 e. The van der Waals surface area contributed by atoms with Gasteiger partial charge in [0.15, 0.2) is 0 Å².